The molecule has 0 saturated heterocycles. The van der Waals surface area contributed by atoms with E-state index in [1.54, 1.807) is 0 Å². The average Bonchev–Trinajstić information content (AvgIpc) is 2.37. The SMILES string of the molecule is CC(NC(=O)NCCCCC(=O)O)c1cccc(Br)c1. The van der Waals surface area contributed by atoms with Crippen LogP contribution in [-0.4, -0.2) is 23.7 Å². The molecule has 2 amide bonds. The Balaban J connectivity index is 2.26. The van der Waals surface area contributed by atoms with Crippen LogP contribution in [0.4, 0.5) is 4.79 Å². The van der Waals surface area contributed by atoms with Crippen LogP contribution in [0.3, 0.4) is 0 Å². The molecule has 0 aliphatic carbocycles. The van der Waals surface area contributed by atoms with Crippen molar-refractivity contribution in [3.8, 4) is 0 Å². The normalized spacial score (nSPS) is 11.7. The van der Waals surface area contributed by atoms with Crippen LogP contribution in [0.15, 0.2) is 28.7 Å². The summed E-state index contributed by atoms with van der Waals surface area (Å²) in [6, 6.07) is 7.42. The predicted molar refractivity (Wildman–Crippen MR) is 80.6 cm³/mol. The molecule has 1 rings (SSSR count). The quantitative estimate of drug-likeness (QED) is 0.666. The molecule has 0 aromatic heterocycles. The molecule has 3 N–H and O–H groups in total. The van der Waals surface area contributed by atoms with E-state index in [0.29, 0.717) is 19.4 Å². The maximum absolute atomic E-state index is 11.7. The zero-order valence-electron chi connectivity index (χ0n) is 11.4. The van der Waals surface area contributed by atoms with E-state index in [0.717, 1.165) is 10.0 Å². The number of rotatable bonds is 7. The molecule has 0 bridgehead atoms. The number of hydrogen-bond donors (Lipinski definition) is 3. The van der Waals surface area contributed by atoms with Gasteiger partial charge in [-0.1, -0.05) is 28.1 Å². The van der Waals surface area contributed by atoms with E-state index in [4.69, 9.17) is 5.11 Å². The molecule has 1 aromatic carbocycles. The lowest BCUT2D eigenvalue weighted by atomic mass is 10.1. The van der Waals surface area contributed by atoms with Crippen molar-refractivity contribution < 1.29 is 14.7 Å². The van der Waals surface area contributed by atoms with Gasteiger partial charge in [-0.3, -0.25) is 4.79 Å². The molecular weight excluding hydrogens is 324 g/mol. The lowest BCUT2D eigenvalue weighted by Gasteiger charge is -2.15. The first-order valence-electron chi connectivity index (χ1n) is 6.50. The zero-order chi connectivity index (χ0) is 15.0. The van der Waals surface area contributed by atoms with Gasteiger partial charge in [-0.05, 0) is 37.5 Å². The molecule has 5 nitrogen and oxygen atoms in total. The zero-order valence-corrected chi connectivity index (χ0v) is 12.9. The standard InChI is InChI=1S/C14H19BrN2O3/c1-10(11-5-4-6-12(15)9-11)17-14(20)16-8-3-2-7-13(18)19/h4-6,9-10H,2-3,7-8H2,1H3,(H,18,19)(H2,16,17,20). The highest BCUT2D eigenvalue weighted by atomic mass is 79.9. The summed E-state index contributed by atoms with van der Waals surface area (Å²) in [5, 5.41) is 14.0. The van der Waals surface area contributed by atoms with Crippen molar-refractivity contribution in [1.29, 1.82) is 0 Å². The molecule has 0 aliphatic rings. The van der Waals surface area contributed by atoms with Crippen molar-refractivity contribution in [3.63, 3.8) is 0 Å². The largest absolute Gasteiger partial charge is 0.481 e. The minimum absolute atomic E-state index is 0.0912. The number of carboxylic acids is 1. The number of carboxylic acid groups (broad SMARTS) is 1. The number of aliphatic carboxylic acids is 1. The van der Waals surface area contributed by atoms with Crippen molar-refractivity contribution in [1.82, 2.24) is 10.6 Å². The molecule has 0 saturated carbocycles. The van der Waals surface area contributed by atoms with Gasteiger partial charge in [-0.25, -0.2) is 4.79 Å². The molecule has 0 heterocycles. The van der Waals surface area contributed by atoms with Crippen LogP contribution >= 0.6 is 15.9 Å². The lowest BCUT2D eigenvalue weighted by Crippen LogP contribution is -2.37. The average molecular weight is 343 g/mol. The van der Waals surface area contributed by atoms with Crippen LogP contribution in [0.2, 0.25) is 0 Å². The van der Waals surface area contributed by atoms with E-state index in [9.17, 15) is 9.59 Å². The minimum Gasteiger partial charge on any atom is -0.481 e. The maximum atomic E-state index is 11.7. The number of urea groups is 1. The Labute approximate surface area is 126 Å². The Morgan fingerprint density at radius 3 is 2.75 bits per heavy atom. The summed E-state index contributed by atoms with van der Waals surface area (Å²) in [5.74, 6) is -0.808. The van der Waals surface area contributed by atoms with Gasteiger partial charge in [-0.15, -0.1) is 0 Å². The van der Waals surface area contributed by atoms with Gasteiger partial charge in [0.1, 0.15) is 0 Å². The van der Waals surface area contributed by atoms with Crippen LogP contribution in [-0.2, 0) is 4.79 Å². The fourth-order valence-corrected chi connectivity index (χ4v) is 2.13. The number of halogens is 1. The smallest absolute Gasteiger partial charge is 0.315 e. The summed E-state index contributed by atoms with van der Waals surface area (Å²) in [4.78, 5) is 22.0. The van der Waals surface area contributed by atoms with E-state index >= 15 is 0 Å². The number of hydrogen-bond acceptors (Lipinski definition) is 2. The monoisotopic (exact) mass is 342 g/mol. The van der Waals surface area contributed by atoms with Crippen molar-refractivity contribution in [2.24, 2.45) is 0 Å². The van der Waals surface area contributed by atoms with E-state index in [1.807, 2.05) is 31.2 Å². The van der Waals surface area contributed by atoms with Crippen molar-refractivity contribution in [3.05, 3.63) is 34.3 Å². The molecule has 1 atom stereocenters. The Hall–Kier alpha value is -1.56. The molecule has 0 spiro atoms. The van der Waals surface area contributed by atoms with Gasteiger partial charge >= 0.3 is 12.0 Å². The summed E-state index contributed by atoms with van der Waals surface area (Å²) in [5.41, 5.74) is 1.01. The number of benzene rings is 1. The van der Waals surface area contributed by atoms with Gasteiger partial charge in [0.25, 0.3) is 0 Å². The van der Waals surface area contributed by atoms with Gasteiger partial charge in [0.2, 0.25) is 0 Å². The second-order valence-electron chi connectivity index (χ2n) is 4.53. The van der Waals surface area contributed by atoms with E-state index in [1.165, 1.54) is 0 Å². The fourth-order valence-electron chi connectivity index (χ4n) is 1.71. The summed E-state index contributed by atoms with van der Waals surface area (Å²) in [6.45, 7) is 2.39. The van der Waals surface area contributed by atoms with Crippen molar-refractivity contribution in [2.75, 3.05) is 6.54 Å². The number of amides is 2. The van der Waals surface area contributed by atoms with Crippen LogP contribution in [0.1, 0.15) is 37.8 Å². The number of unbranched alkanes of at least 4 members (excludes halogenated alkanes) is 1. The Morgan fingerprint density at radius 1 is 1.35 bits per heavy atom. The second-order valence-corrected chi connectivity index (χ2v) is 5.44. The highest BCUT2D eigenvalue weighted by Crippen LogP contribution is 2.17. The Morgan fingerprint density at radius 2 is 2.10 bits per heavy atom. The Bertz CT molecular complexity index is 465. The summed E-state index contributed by atoms with van der Waals surface area (Å²) in [7, 11) is 0. The van der Waals surface area contributed by atoms with Gasteiger partial charge < -0.3 is 15.7 Å². The second kappa shape index (κ2) is 8.58. The van der Waals surface area contributed by atoms with Gasteiger partial charge in [0.15, 0.2) is 0 Å². The molecule has 1 unspecified atom stereocenters. The van der Waals surface area contributed by atoms with Gasteiger partial charge in [-0.2, -0.15) is 0 Å². The lowest BCUT2D eigenvalue weighted by molar-refractivity contribution is -0.137. The summed E-state index contributed by atoms with van der Waals surface area (Å²) in [6.07, 6.45) is 1.36. The third-order valence-electron chi connectivity index (χ3n) is 2.80. The van der Waals surface area contributed by atoms with Crippen LogP contribution in [0.25, 0.3) is 0 Å². The summed E-state index contributed by atoms with van der Waals surface area (Å²) >= 11 is 3.39. The number of carbonyl (C=O) groups excluding carboxylic acids is 1. The molecule has 110 valence electrons. The minimum atomic E-state index is -0.808. The van der Waals surface area contributed by atoms with Crippen molar-refractivity contribution in [2.45, 2.75) is 32.2 Å². The molecule has 1 aromatic rings. The van der Waals surface area contributed by atoms with E-state index in [-0.39, 0.29) is 18.5 Å². The van der Waals surface area contributed by atoms with Gasteiger partial charge in [0, 0.05) is 17.4 Å². The molecule has 0 aliphatic heterocycles. The molecule has 0 radical (unpaired) electrons. The third kappa shape index (κ3) is 6.56. The highest BCUT2D eigenvalue weighted by molar-refractivity contribution is 9.10. The first-order valence-corrected chi connectivity index (χ1v) is 7.30. The Kier molecular flexibility index (Phi) is 7.08. The first kappa shape index (κ1) is 16.5. The number of carbonyl (C=O) groups is 2. The summed E-state index contributed by atoms with van der Waals surface area (Å²) < 4.78 is 0.970. The topological polar surface area (TPSA) is 78.4 Å². The molecule has 20 heavy (non-hydrogen) atoms. The van der Waals surface area contributed by atoms with Crippen molar-refractivity contribution >= 4 is 27.9 Å². The molecule has 6 heteroatoms. The van der Waals surface area contributed by atoms with Crippen LogP contribution in [0.5, 0.6) is 0 Å². The number of nitrogens with one attached hydrogen (secondary N) is 2. The highest BCUT2D eigenvalue weighted by Gasteiger charge is 2.09. The fraction of sp³-hybridized carbons (Fsp3) is 0.429. The van der Waals surface area contributed by atoms with Crippen LogP contribution < -0.4 is 10.6 Å². The first-order chi connectivity index (χ1) is 9.49. The van der Waals surface area contributed by atoms with Crippen LogP contribution in [0, 0.1) is 0 Å². The third-order valence-corrected chi connectivity index (χ3v) is 3.29. The maximum Gasteiger partial charge on any atom is 0.315 e. The predicted octanol–water partition coefficient (Wildman–Crippen LogP) is 3.06. The van der Waals surface area contributed by atoms with Gasteiger partial charge in [0.05, 0.1) is 6.04 Å². The molecule has 0 fully saturated rings. The van der Waals surface area contributed by atoms with E-state index < -0.39 is 5.97 Å². The van der Waals surface area contributed by atoms with E-state index in [2.05, 4.69) is 26.6 Å². The molecular formula is C14H19BrN2O3.